The highest BCUT2D eigenvalue weighted by atomic mass is 14.9. The lowest BCUT2D eigenvalue weighted by Gasteiger charge is -2.32. The highest BCUT2D eigenvalue weighted by Crippen LogP contribution is 2.33. The zero-order valence-corrected chi connectivity index (χ0v) is 12.6. The molecule has 1 heteroatoms. The van der Waals surface area contributed by atoms with Crippen molar-refractivity contribution in [1.82, 2.24) is 5.32 Å². The van der Waals surface area contributed by atoms with E-state index < -0.39 is 0 Å². The molecule has 0 aliphatic carbocycles. The Morgan fingerprint density at radius 1 is 1.12 bits per heavy atom. The SMILES string of the molecule is CC1=C/C(C(C)(C)C)CCN/C(C(C)(C)C)=C\1. The average molecular weight is 235 g/mol. The highest BCUT2D eigenvalue weighted by molar-refractivity contribution is 5.26. The van der Waals surface area contributed by atoms with Gasteiger partial charge in [-0.25, -0.2) is 0 Å². The van der Waals surface area contributed by atoms with Gasteiger partial charge >= 0.3 is 0 Å². The molecule has 0 fully saturated rings. The summed E-state index contributed by atoms with van der Waals surface area (Å²) in [6.07, 6.45) is 5.98. The maximum atomic E-state index is 3.61. The van der Waals surface area contributed by atoms with Gasteiger partial charge in [0.15, 0.2) is 0 Å². The summed E-state index contributed by atoms with van der Waals surface area (Å²) >= 11 is 0. The average Bonchev–Trinajstić information content (AvgIpc) is 2.06. The summed E-state index contributed by atoms with van der Waals surface area (Å²) in [5.41, 5.74) is 3.32. The van der Waals surface area contributed by atoms with Gasteiger partial charge in [-0.3, -0.25) is 0 Å². The lowest BCUT2D eigenvalue weighted by Crippen LogP contribution is -2.30. The lowest BCUT2D eigenvalue weighted by molar-refractivity contribution is 0.273. The third kappa shape index (κ3) is 4.22. The molecule has 98 valence electrons. The van der Waals surface area contributed by atoms with Crippen molar-refractivity contribution in [3.8, 4) is 0 Å². The van der Waals surface area contributed by atoms with E-state index in [0.717, 1.165) is 6.54 Å². The predicted molar refractivity (Wildman–Crippen MR) is 76.9 cm³/mol. The summed E-state index contributed by atoms with van der Waals surface area (Å²) in [7, 11) is 0. The first-order valence-corrected chi connectivity index (χ1v) is 6.75. The Bertz CT molecular complexity index is 320. The van der Waals surface area contributed by atoms with E-state index in [-0.39, 0.29) is 5.41 Å². The van der Waals surface area contributed by atoms with Crippen LogP contribution < -0.4 is 5.32 Å². The van der Waals surface area contributed by atoms with Crippen molar-refractivity contribution in [2.75, 3.05) is 6.54 Å². The summed E-state index contributed by atoms with van der Waals surface area (Å²) in [4.78, 5) is 0. The van der Waals surface area contributed by atoms with Gasteiger partial charge in [-0.15, -0.1) is 0 Å². The van der Waals surface area contributed by atoms with Crippen LogP contribution in [0.3, 0.4) is 0 Å². The Morgan fingerprint density at radius 3 is 2.18 bits per heavy atom. The number of hydrogen-bond acceptors (Lipinski definition) is 1. The maximum Gasteiger partial charge on any atom is 0.0164 e. The molecule has 1 atom stereocenters. The largest absolute Gasteiger partial charge is 0.388 e. The quantitative estimate of drug-likeness (QED) is 0.651. The molecule has 1 aliphatic rings. The van der Waals surface area contributed by atoms with Crippen LogP contribution in [0.25, 0.3) is 0 Å². The van der Waals surface area contributed by atoms with Gasteiger partial charge in [0.2, 0.25) is 0 Å². The van der Waals surface area contributed by atoms with E-state index in [9.17, 15) is 0 Å². The molecule has 0 bridgehead atoms. The summed E-state index contributed by atoms with van der Waals surface area (Å²) in [5.74, 6) is 0.660. The van der Waals surface area contributed by atoms with E-state index in [2.05, 4.69) is 65.9 Å². The van der Waals surface area contributed by atoms with Gasteiger partial charge in [0.1, 0.15) is 0 Å². The van der Waals surface area contributed by atoms with E-state index in [0.29, 0.717) is 11.3 Å². The normalized spacial score (nSPS) is 29.2. The third-order valence-electron chi connectivity index (χ3n) is 3.53. The molecule has 1 nitrogen and oxygen atoms in total. The monoisotopic (exact) mass is 235 g/mol. The first-order chi connectivity index (χ1) is 7.60. The third-order valence-corrected chi connectivity index (χ3v) is 3.53. The van der Waals surface area contributed by atoms with Crippen molar-refractivity contribution in [2.45, 2.75) is 54.9 Å². The molecule has 0 saturated carbocycles. The highest BCUT2D eigenvalue weighted by Gasteiger charge is 2.25. The summed E-state index contributed by atoms with van der Waals surface area (Å²) in [6, 6.07) is 0. The minimum absolute atomic E-state index is 0.212. The Kier molecular flexibility index (Phi) is 4.11. The van der Waals surface area contributed by atoms with Crippen molar-refractivity contribution in [3.63, 3.8) is 0 Å². The topological polar surface area (TPSA) is 12.0 Å². The number of allylic oxidation sites excluding steroid dienone is 4. The Hall–Kier alpha value is -0.720. The van der Waals surface area contributed by atoms with Crippen LogP contribution in [0, 0.1) is 16.7 Å². The van der Waals surface area contributed by atoms with E-state index in [4.69, 9.17) is 0 Å². The second kappa shape index (κ2) is 4.88. The number of nitrogens with one attached hydrogen (secondary N) is 1. The van der Waals surface area contributed by atoms with Gasteiger partial charge in [0.25, 0.3) is 0 Å². The minimum atomic E-state index is 0.212. The second-order valence-electron chi connectivity index (χ2n) is 7.41. The van der Waals surface area contributed by atoms with E-state index in [1.807, 2.05) is 0 Å². The zero-order chi connectivity index (χ0) is 13.3. The molecule has 0 aromatic heterocycles. The van der Waals surface area contributed by atoms with E-state index >= 15 is 0 Å². The maximum absolute atomic E-state index is 3.61. The fourth-order valence-electron chi connectivity index (χ4n) is 2.25. The Labute approximate surface area is 107 Å². The first kappa shape index (κ1) is 14.3. The molecule has 0 spiro atoms. The molecule has 1 N–H and O–H groups in total. The van der Waals surface area contributed by atoms with Crippen molar-refractivity contribution in [3.05, 3.63) is 23.4 Å². The van der Waals surface area contributed by atoms with Gasteiger partial charge in [0.05, 0.1) is 0 Å². The second-order valence-corrected chi connectivity index (χ2v) is 7.41. The van der Waals surface area contributed by atoms with Gasteiger partial charge in [-0.2, -0.15) is 0 Å². The molecule has 0 saturated heterocycles. The van der Waals surface area contributed by atoms with Crippen LogP contribution in [0.2, 0.25) is 0 Å². The Morgan fingerprint density at radius 2 is 1.71 bits per heavy atom. The van der Waals surface area contributed by atoms with Crippen molar-refractivity contribution in [1.29, 1.82) is 0 Å². The van der Waals surface area contributed by atoms with Gasteiger partial charge in [-0.1, -0.05) is 53.2 Å². The van der Waals surface area contributed by atoms with E-state index in [1.54, 1.807) is 0 Å². The van der Waals surface area contributed by atoms with Crippen LogP contribution in [0.15, 0.2) is 23.4 Å². The number of hydrogen-bond donors (Lipinski definition) is 1. The molecule has 17 heavy (non-hydrogen) atoms. The lowest BCUT2D eigenvalue weighted by atomic mass is 9.77. The molecule has 1 rings (SSSR count). The summed E-state index contributed by atoms with van der Waals surface area (Å²) in [6.45, 7) is 17.1. The van der Waals surface area contributed by atoms with Gasteiger partial charge < -0.3 is 5.32 Å². The molecule has 1 aliphatic heterocycles. The first-order valence-electron chi connectivity index (χ1n) is 6.75. The van der Waals surface area contributed by atoms with Crippen LogP contribution in [0.5, 0.6) is 0 Å². The minimum Gasteiger partial charge on any atom is -0.388 e. The standard InChI is InChI=1S/C16H29N/c1-12-10-13(15(2,3)4)8-9-17-14(11-12)16(5,6)7/h10-11,13,17H,8-9H2,1-7H3/b12-10-,14-11-. The van der Waals surface area contributed by atoms with Crippen molar-refractivity contribution < 1.29 is 0 Å². The van der Waals surface area contributed by atoms with Gasteiger partial charge in [-0.05, 0) is 30.8 Å². The van der Waals surface area contributed by atoms with Crippen molar-refractivity contribution >= 4 is 0 Å². The molecule has 0 radical (unpaired) electrons. The smallest absolute Gasteiger partial charge is 0.0164 e. The van der Waals surface area contributed by atoms with E-state index in [1.165, 1.54) is 17.7 Å². The summed E-state index contributed by atoms with van der Waals surface area (Å²) in [5, 5.41) is 3.61. The van der Waals surface area contributed by atoms with Crippen LogP contribution in [-0.2, 0) is 0 Å². The fourth-order valence-corrected chi connectivity index (χ4v) is 2.25. The molecule has 1 heterocycles. The zero-order valence-electron chi connectivity index (χ0n) is 12.6. The molecule has 0 amide bonds. The van der Waals surface area contributed by atoms with Crippen molar-refractivity contribution in [2.24, 2.45) is 16.7 Å². The summed E-state index contributed by atoms with van der Waals surface area (Å²) < 4.78 is 0. The van der Waals surface area contributed by atoms with Crippen LogP contribution >= 0.6 is 0 Å². The Balaban J connectivity index is 2.99. The van der Waals surface area contributed by atoms with Crippen LogP contribution in [0.4, 0.5) is 0 Å². The van der Waals surface area contributed by atoms with Crippen LogP contribution in [-0.4, -0.2) is 6.54 Å². The molecule has 1 unspecified atom stereocenters. The van der Waals surface area contributed by atoms with Crippen LogP contribution in [0.1, 0.15) is 54.9 Å². The predicted octanol–water partition coefficient (Wildman–Crippen LogP) is 4.52. The molecular formula is C16H29N. The molecule has 0 aromatic rings. The fraction of sp³-hybridized carbons (Fsp3) is 0.750. The van der Waals surface area contributed by atoms with Gasteiger partial charge in [0, 0.05) is 17.7 Å². The number of rotatable bonds is 0. The molecular weight excluding hydrogens is 206 g/mol. The molecule has 0 aromatic carbocycles.